The number of hydrogen-bond acceptors (Lipinski definition) is 1. The van der Waals surface area contributed by atoms with Crippen molar-refractivity contribution < 1.29 is 0 Å². The third-order valence-electron chi connectivity index (χ3n) is 6.68. The maximum absolute atomic E-state index is 4.95. The fraction of sp³-hybridized carbons (Fsp3) is 0.179. The molecule has 0 amide bonds. The highest BCUT2D eigenvalue weighted by Gasteiger charge is 2.37. The van der Waals surface area contributed by atoms with Crippen LogP contribution in [0.2, 0.25) is 32.7 Å². The van der Waals surface area contributed by atoms with Gasteiger partial charge in [-0.15, -0.1) is 0 Å². The van der Waals surface area contributed by atoms with Gasteiger partial charge in [-0.2, -0.15) is 0 Å². The molecule has 3 heteroatoms. The summed E-state index contributed by atoms with van der Waals surface area (Å²) in [6.07, 6.45) is 2.10. The maximum Gasteiger partial charge on any atom is 0.113 e. The number of pyridine rings is 1. The molecule has 0 radical (unpaired) electrons. The third-order valence-corrected chi connectivity index (χ3v) is 12.3. The predicted molar refractivity (Wildman–Crippen MR) is 140 cm³/mol. The minimum atomic E-state index is -1.61. The molecule has 154 valence electrons. The highest BCUT2D eigenvalue weighted by atomic mass is 28.3. The zero-order valence-corrected chi connectivity index (χ0v) is 21.0. The van der Waals surface area contributed by atoms with Gasteiger partial charge in [-0.1, -0.05) is 99.5 Å². The van der Waals surface area contributed by atoms with Crippen molar-refractivity contribution in [3.05, 3.63) is 85.1 Å². The van der Waals surface area contributed by atoms with E-state index in [9.17, 15) is 0 Å². The molecule has 1 aliphatic heterocycles. The lowest BCUT2D eigenvalue weighted by molar-refractivity contribution is 1.33. The Balaban J connectivity index is 1.67. The summed E-state index contributed by atoms with van der Waals surface area (Å²) < 4.78 is 0. The molecule has 0 N–H and O–H groups in total. The number of rotatable bonds is 3. The van der Waals surface area contributed by atoms with E-state index in [-0.39, 0.29) is 0 Å². The average molecular weight is 436 g/mol. The van der Waals surface area contributed by atoms with E-state index in [1.165, 1.54) is 33.0 Å². The molecule has 0 saturated carbocycles. The summed E-state index contributed by atoms with van der Waals surface area (Å²) in [6.45, 7) is 12.2. The first kappa shape index (κ1) is 20.2. The van der Waals surface area contributed by atoms with Crippen LogP contribution in [0.5, 0.6) is 0 Å². The largest absolute Gasteiger partial charge is 0.256 e. The van der Waals surface area contributed by atoms with Crippen LogP contribution in [0.3, 0.4) is 0 Å². The van der Waals surface area contributed by atoms with Gasteiger partial charge in [0, 0.05) is 11.8 Å². The van der Waals surface area contributed by atoms with Gasteiger partial charge in [0.25, 0.3) is 0 Å². The fourth-order valence-corrected chi connectivity index (χ4v) is 9.62. The predicted octanol–water partition coefficient (Wildman–Crippen LogP) is 5.76. The van der Waals surface area contributed by atoms with Gasteiger partial charge in [-0.3, -0.25) is 4.98 Å². The number of fused-ring (bicyclic) bond motifs is 3. The monoisotopic (exact) mass is 435 g/mol. The molecule has 1 aliphatic rings. The zero-order valence-electron chi connectivity index (χ0n) is 19.0. The Labute approximate surface area is 187 Å². The van der Waals surface area contributed by atoms with E-state index >= 15 is 0 Å². The summed E-state index contributed by atoms with van der Waals surface area (Å²) in [5.74, 6) is 0. The Morgan fingerprint density at radius 2 is 1.32 bits per heavy atom. The third kappa shape index (κ3) is 3.33. The minimum Gasteiger partial charge on any atom is -0.256 e. The Morgan fingerprint density at radius 1 is 0.645 bits per heavy atom. The van der Waals surface area contributed by atoms with Gasteiger partial charge in [0.15, 0.2) is 0 Å². The van der Waals surface area contributed by atoms with Gasteiger partial charge in [0.2, 0.25) is 0 Å². The molecular formula is C28H29NSi2. The summed E-state index contributed by atoms with van der Waals surface area (Å²) in [4.78, 5) is 4.95. The summed E-state index contributed by atoms with van der Waals surface area (Å²) in [6, 6.07) is 29.1. The standard InChI is InChI=1S/C28H29NSi2/c1-30(2,3)28-18-25(29-19-24(28)20-11-7-6-8-12-20)21-15-16-27-23(17-21)22-13-9-10-14-26(22)31(27,4)5/h6-19H,1-5H3. The van der Waals surface area contributed by atoms with Crippen LogP contribution in [0.1, 0.15) is 0 Å². The van der Waals surface area contributed by atoms with Crippen LogP contribution < -0.4 is 15.6 Å². The molecule has 4 aromatic rings. The molecule has 0 aliphatic carbocycles. The quantitative estimate of drug-likeness (QED) is 0.373. The van der Waals surface area contributed by atoms with E-state index in [4.69, 9.17) is 4.98 Å². The van der Waals surface area contributed by atoms with E-state index in [2.05, 4.69) is 118 Å². The van der Waals surface area contributed by atoms with Crippen LogP contribution in [-0.4, -0.2) is 21.1 Å². The van der Waals surface area contributed by atoms with Gasteiger partial charge >= 0.3 is 0 Å². The van der Waals surface area contributed by atoms with Crippen LogP contribution in [-0.2, 0) is 0 Å². The molecule has 0 saturated heterocycles. The minimum absolute atomic E-state index is 1.09. The summed E-state index contributed by atoms with van der Waals surface area (Å²) in [7, 11) is -3.17. The lowest BCUT2D eigenvalue weighted by Gasteiger charge is -2.22. The lowest BCUT2D eigenvalue weighted by Crippen LogP contribution is -2.49. The summed E-state index contributed by atoms with van der Waals surface area (Å²) in [5.41, 5.74) is 7.68. The highest BCUT2D eigenvalue weighted by Crippen LogP contribution is 2.32. The van der Waals surface area contributed by atoms with Crippen molar-refractivity contribution in [1.82, 2.24) is 4.98 Å². The second-order valence-electron chi connectivity index (χ2n) is 10.2. The highest BCUT2D eigenvalue weighted by molar-refractivity contribution is 7.03. The van der Waals surface area contributed by atoms with Crippen molar-refractivity contribution in [2.75, 3.05) is 0 Å². The van der Waals surface area contributed by atoms with Crippen molar-refractivity contribution in [1.29, 1.82) is 0 Å². The van der Waals surface area contributed by atoms with Crippen LogP contribution in [0.25, 0.3) is 33.5 Å². The molecule has 2 heterocycles. The number of hydrogen-bond donors (Lipinski definition) is 0. The van der Waals surface area contributed by atoms with Crippen LogP contribution >= 0.6 is 0 Å². The first-order chi connectivity index (χ1) is 14.8. The molecule has 0 unspecified atom stereocenters. The second kappa shape index (κ2) is 7.15. The maximum atomic E-state index is 4.95. The first-order valence-electron chi connectivity index (χ1n) is 11.1. The summed E-state index contributed by atoms with van der Waals surface area (Å²) in [5, 5.41) is 4.57. The number of aromatic nitrogens is 1. The van der Waals surface area contributed by atoms with Crippen LogP contribution in [0.15, 0.2) is 85.1 Å². The lowest BCUT2D eigenvalue weighted by atomic mass is 10.0. The van der Waals surface area contributed by atoms with Crippen molar-refractivity contribution in [2.45, 2.75) is 32.7 Å². The van der Waals surface area contributed by atoms with Gasteiger partial charge in [0.1, 0.15) is 8.07 Å². The zero-order chi connectivity index (χ0) is 21.8. The molecule has 0 atom stereocenters. The molecule has 5 rings (SSSR count). The normalized spacial score (nSPS) is 14.2. The molecule has 0 bridgehead atoms. The second-order valence-corrected chi connectivity index (χ2v) is 19.5. The van der Waals surface area contributed by atoms with Crippen molar-refractivity contribution in [2.24, 2.45) is 0 Å². The fourth-order valence-electron chi connectivity index (χ4n) is 4.96. The molecule has 31 heavy (non-hydrogen) atoms. The number of benzene rings is 3. The molecular weight excluding hydrogens is 406 g/mol. The van der Waals surface area contributed by atoms with Gasteiger partial charge in [-0.25, -0.2) is 0 Å². The van der Waals surface area contributed by atoms with E-state index in [0.29, 0.717) is 0 Å². The molecule has 1 aromatic heterocycles. The topological polar surface area (TPSA) is 12.9 Å². The van der Waals surface area contributed by atoms with Crippen molar-refractivity contribution in [3.63, 3.8) is 0 Å². The van der Waals surface area contributed by atoms with Gasteiger partial charge in [-0.05, 0) is 49.9 Å². The van der Waals surface area contributed by atoms with E-state index in [0.717, 1.165) is 5.69 Å². The molecule has 3 aromatic carbocycles. The van der Waals surface area contributed by atoms with Crippen molar-refractivity contribution >= 4 is 31.7 Å². The van der Waals surface area contributed by atoms with Gasteiger partial charge in [0.05, 0.1) is 13.8 Å². The smallest absolute Gasteiger partial charge is 0.113 e. The van der Waals surface area contributed by atoms with E-state index < -0.39 is 16.1 Å². The van der Waals surface area contributed by atoms with E-state index in [1.54, 1.807) is 10.4 Å². The first-order valence-corrected chi connectivity index (χ1v) is 17.6. The summed E-state index contributed by atoms with van der Waals surface area (Å²) >= 11 is 0. The Morgan fingerprint density at radius 3 is 2.06 bits per heavy atom. The SMILES string of the molecule is C[Si](C)(C)c1cc(-c2ccc3c(c2)-c2ccccc2[Si]3(C)C)ncc1-c1ccccc1. The van der Waals surface area contributed by atoms with Crippen molar-refractivity contribution in [3.8, 4) is 33.5 Å². The van der Waals surface area contributed by atoms with Crippen LogP contribution in [0.4, 0.5) is 0 Å². The number of nitrogens with zero attached hydrogens (tertiary/aromatic N) is 1. The van der Waals surface area contributed by atoms with Crippen LogP contribution in [0, 0.1) is 0 Å². The Hall–Kier alpha value is -2.76. The molecule has 1 nitrogen and oxygen atoms in total. The Bertz CT molecular complexity index is 1280. The average Bonchev–Trinajstić information content (AvgIpc) is 3.00. The molecule has 0 spiro atoms. The molecule has 0 fully saturated rings. The van der Waals surface area contributed by atoms with Gasteiger partial charge < -0.3 is 0 Å². The Kier molecular flexibility index (Phi) is 4.65. The van der Waals surface area contributed by atoms with E-state index in [1.807, 2.05) is 0 Å².